The van der Waals surface area contributed by atoms with Gasteiger partial charge in [0.05, 0.1) is 0 Å². The van der Waals surface area contributed by atoms with Crippen molar-refractivity contribution in [3.05, 3.63) is 24.0 Å². The van der Waals surface area contributed by atoms with E-state index in [4.69, 9.17) is 10.00 Å². The number of sulfonamides is 1. The molecule has 0 spiro atoms. The number of aromatic nitrogens is 1. The van der Waals surface area contributed by atoms with Crippen LogP contribution in [0.1, 0.15) is 12.1 Å². The van der Waals surface area contributed by atoms with Crippen LogP contribution in [-0.4, -0.2) is 45.0 Å². The predicted octanol–water partition coefficient (Wildman–Crippen LogP) is 0.610. The molecule has 18 heavy (non-hydrogen) atoms. The molecule has 0 aliphatic heterocycles. The molecule has 0 amide bonds. The third kappa shape index (κ3) is 3.50. The number of nitriles is 1. The van der Waals surface area contributed by atoms with Crippen LogP contribution < -0.4 is 0 Å². The van der Waals surface area contributed by atoms with Crippen LogP contribution in [0, 0.1) is 11.3 Å². The van der Waals surface area contributed by atoms with Crippen LogP contribution in [0.2, 0.25) is 0 Å². The van der Waals surface area contributed by atoms with Crippen LogP contribution in [0.15, 0.2) is 23.2 Å². The topological polar surface area (TPSA) is 83.3 Å². The second-order valence-corrected chi connectivity index (χ2v) is 5.71. The quantitative estimate of drug-likeness (QED) is 0.706. The van der Waals surface area contributed by atoms with Gasteiger partial charge < -0.3 is 4.74 Å². The van der Waals surface area contributed by atoms with E-state index in [0.29, 0.717) is 19.6 Å². The highest BCUT2D eigenvalue weighted by atomic mass is 32.2. The van der Waals surface area contributed by atoms with Gasteiger partial charge in [0.2, 0.25) is 10.0 Å². The molecule has 0 aromatic carbocycles. The van der Waals surface area contributed by atoms with Crippen molar-refractivity contribution >= 4 is 10.0 Å². The number of nitrogens with zero attached hydrogens (tertiary/aromatic N) is 3. The summed E-state index contributed by atoms with van der Waals surface area (Å²) >= 11 is 0. The number of pyridine rings is 1. The van der Waals surface area contributed by atoms with Crippen LogP contribution in [0.4, 0.5) is 0 Å². The van der Waals surface area contributed by atoms with Crippen molar-refractivity contribution in [1.29, 1.82) is 5.26 Å². The van der Waals surface area contributed by atoms with Crippen molar-refractivity contribution in [3.8, 4) is 6.07 Å². The Hall–Kier alpha value is -1.49. The van der Waals surface area contributed by atoms with Crippen LogP contribution >= 0.6 is 0 Å². The molecule has 0 unspecified atom stereocenters. The molecule has 0 bridgehead atoms. The molecule has 6 nitrogen and oxygen atoms in total. The number of hydrogen-bond donors (Lipinski definition) is 0. The molecule has 0 aliphatic rings. The lowest BCUT2D eigenvalue weighted by Gasteiger charge is -2.16. The standard InChI is InChI=1S/C11H15N3O3S/c1-14(6-3-7-17-2)18(15,16)11-5-4-10(8-12)13-9-11/h4-5,9H,3,6-7H2,1-2H3. The van der Waals surface area contributed by atoms with E-state index in [0.717, 1.165) is 0 Å². The summed E-state index contributed by atoms with van der Waals surface area (Å²) in [6, 6.07) is 4.61. The predicted molar refractivity (Wildman–Crippen MR) is 65.3 cm³/mol. The largest absolute Gasteiger partial charge is 0.385 e. The van der Waals surface area contributed by atoms with E-state index < -0.39 is 10.0 Å². The first kappa shape index (κ1) is 14.6. The zero-order valence-electron chi connectivity index (χ0n) is 10.3. The van der Waals surface area contributed by atoms with E-state index in [-0.39, 0.29) is 10.6 Å². The molecule has 0 atom stereocenters. The Labute approximate surface area is 107 Å². The Kier molecular flexibility index (Phi) is 5.22. The summed E-state index contributed by atoms with van der Waals surface area (Å²) in [6.07, 6.45) is 1.82. The van der Waals surface area contributed by atoms with E-state index in [1.165, 1.54) is 29.7 Å². The second-order valence-electron chi connectivity index (χ2n) is 3.66. The molecule has 1 aromatic rings. The maximum absolute atomic E-state index is 12.1. The Bertz CT molecular complexity index is 519. The van der Waals surface area contributed by atoms with Crippen molar-refractivity contribution in [2.24, 2.45) is 0 Å². The van der Waals surface area contributed by atoms with Crippen LogP contribution in [-0.2, 0) is 14.8 Å². The van der Waals surface area contributed by atoms with Gasteiger partial charge in [0.25, 0.3) is 0 Å². The first-order valence-electron chi connectivity index (χ1n) is 5.34. The molecule has 1 aromatic heterocycles. The summed E-state index contributed by atoms with van der Waals surface area (Å²) in [5.41, 5.74) is 0.191. The average molecular weight is 269 g/mol. The summed E-state index contributed by atoms with van der Waals surface area (Å²) in [6.45, 7) is 0.877. The van der Waals surface area contributed by atoms with E-state index in [1.54, 1.807) is 7.11 Å². The number of rotatable bonds is 6. The number of hydrogen-bond acceptors (Lipinski definition) is 5. The van der Waals surface area contributed by atoms with Crippen LogP contribution in [0.5, 0.6) is 0 Å². The minimum Gasteiger partial charge on any atom is -0.385 e. The smallest absolute Gasteiger partial charge is 0.244 e. The van der Waals surface area contributed by atoms with Gasteiger partial charge in [0, 0.05) is 33.5 Å². The molecule has 0 N–H and O–H groups in total. The highest BCUT2D eigenvalue weighted by molar-refractivity contribution is 7.89. The lowest BCUT2D eigenvalue weighted by molar-refractivity contribution is 0.189. The Balaban J connectivity index is 2.81. The van der Waals surface area contributed by atoms with Crippen molar-refractivity contribution < 1.29 is 13.2 Å². The summed E-state index contributed by atoms with van der Waals surface area (Å²) < 4.78 is 30.3. The maximum Gasteiger partial charge on any atom is 0.244 e. The third-order valence-electron chi connectivity index (χ3n) is 2.38. The van der Waals surface area contributed by atoms with Crippen LogP contribution in [0.3, 0.4) is 0 Å². The van der Waals surface area contributed by atoms with Gasteiger partial charge in [-0.1, -0.05) is 0 Å². The fraction of sp³-hybridized carbons (Fsp3) is 0.455. The minimum atomic E-state index is -3.54. The first-order chi connectivity index (χ1) is 8.52. The molecule has 98 valence electrons. The van der Waals surface area contributed by atoms with Crippen molar-refractivity contribution in [2.45, 2.75) is 11.3 Å². The Morgan fingerprint density at radius 1 is 1.50 bits per heavy atom. The van der Waals surface area contributed by atoms with Crippen molar-refractivity contribution in [3.63, 3.8) is 0 Å². The molecular weight excluding hydrogens is 254 g/mol. The fourth-order valence-electron chi connectivity index (χ4n) is 1.33. The van der Waals surface area contributed by atoms with E-state index >= 15 is 0 Å². The number of ether oxygens (including phenoxy) is 1. The second kappa shape index (κ2) is 6.44. The number of methoxy groups -OCH3 is 1. The molecule has 0 aliphatic carbocycles. The highest BCUT2D eigenvalue weighted by Crippen LogP contribution is 2.13. The molecule has 1 rings (SSSR count). The van der Waals surface area contributed by atoms with Gasteiger partial charge in [0.1, 0.15) is 16.7 Å². The van der Waals surface area contributed by atoms with Gasteiger partial charge in [-0.2, -0.15) is 5.26 Å². The normalized spacial score (nSPS) is 11.4. The van der Waals surface area contributed by atoms with E-state index in [2.05, 4.69) is 4.98 Å². The monoisotopic (exact) mass is 269 g/mol. The highest BCUT2D eigenvalue weighted by Gasteiger charge is 2.20. The molecule has 0 fully saturated rings. The van der Waals surface area contributed by atoms with E-state index in [9.17, 15) is 8.42 Å². The van der Waals surface area contributed by atoms with Crippen molar-refractivity contribution in [2.75, 3.05) is 27.3 Å². The first-order valence-corrected chi connectivity index (χ1v) is 6.78. The molecule has 1 heterocycles. The van der Waals surface area contributed by atoms with Crippen molar-refractivity contribution in [1.82, 2.24) is 9.29 Å². The van der Waals surface area contributed by atoms with Gasteiger partial charge in [0.15, 0.2) is 0 Å². The summed E-state index contributed by atoms with van der Waals surface area (Å²) in [4.78, 5) is 3.84. The zero-order chi connectivity index (χ0) is 13.6. The van der Waals surface area contributed by atoms with Gasteiger partial charge >= 0.3 is 0 Å². The molecule has 0 radical (unpaired) electrons. The molecule has 0 saturated heterocycles. The summed E-state index contributed by atoms with van der Waals surface area (Å²) in [5, 5.41) is 8.60. The maximum atomic E-state index is 12.1. The minimum absolute atomic E-state index is 0.0846. The molecule has 7 heteroatoms. The fourth-order valence-corrected chi connectivity index (χ4v) is 2.49. The lowest BCUT2D eigenvalue weighted by Crippen LogP contribution is -2.28. The third-order valence-corrected chi connectivity index (χ3v) is 4.22. The zero-order valence-corrected chi connectivity index (χ0v) is 11.1. The van der Waals surface area contributed by atoms with E-state index in [1.807, 2.05) is 6.07 Å². The molecular formula is C11H15N3O3S. The Morgan fingerprint density at radius 2 is 2.22 bits per heavy atom. The summed E-state index contributed by atoms with van der Waals surface area (Å²) in [5.74, 6) is 0. The molecule has 0 saturated carbocycles. The lowest BCUT2D eigenvalue weighted by atomic mass is 10.4. The van der Waals surface area contributed by atoms with Gasteiger partial charge in [-0.25, -0.2) is 17.7 Å². The van der Waals surface area contributed by atoms with Crippen LogP contribution in [0.25, 0.3) is 0 Å². The van der Waals surface area contributed by atoms with Gasteiger partial charge in [-0.3, -0.25) is 0 Å². The van der Waals surface area contributed by atoms with Gasteiger partial charge in [-0.05, 0) is 18.6 Å². The summed E-state index contributed by atoms with van der Waals surface area (Å²) in [7, 11) is -0.467. The SMILES string of the molecule is COCCCN(C)S(=O)(=O)c1ccc(C#N)nc1. The average Bonchev–Trinajstić information content (AvgIpc) is 2.39. The Morgan fingerprint density at radius 3 is 2.72 bits per heavy atom. The van der Waals surface area contributed by atoms with Gasteiger partial charge in [-0.15, -0.1) is 0 Å².